The Balaban J connectivity index is 0.00000420. The fraction of sp³-hybridized carbons (Fsp3) is 0.318. The van der Waals surface area contributed by atoms with Gasteiger partial charge in [-0.1, -0.05) is 53.0 Å². The summed E-state index contributed by atoms with van der Waals surface area (Å²) in [5, 5.41) is 1.67. The maximum atomic E-state index is 12.1. The Morgan fingerprint density at radius 3 is 2.38 bits per heavy atom. The summed E-state index contributed by atoms with van der Waals surface area (Å²) in [4.78, 5) is 14.3. The van der Waals surface area contributed by atoms with Crippen molar-refractivity contribution in [3.63, 3.8) is 0 Å². The minimum Gasteiger partial charge on any atom is -0.462 e. The summed E-state index contributed by atoms with van der Waals surface area (Å²) >= 11 is 18.1. The molecule has 2 aromatic carbocycles. The Labute approximate surface area is 194 Å². The third-order valence-electron chi connectivity index (χ3n) is 4.28. The van der Waals surface area contributed by atoms with Gasteiger partial charge in [-0.25, -0.2) is 4.79 Å². The predicted octanol–water partition coefficient (Wildman–Crippen LogP) is 6.75. The first-order chi connectivity index (χ1) is 13.3. The van der Waals surface area contributed by atoms with Crippen LogP contribution in [0.15, 0.2) is 48.5 Å². The number of benzene rings is 2. The van der Waals surface area contributed by atoms with Gasteiger partial charge < -0.3 is 9.64 Å². The highest BCUT2D eigenvalue weighted by atomic mass is 35.5. The van der Waals surface area contributed by atoms with E-state index in [1.165, 1.54) is 6.08 Å². The summed E-state index contributed by atoms with van der Waals surface area (Å²) in [7, 11) is 4.07. The highest BCUT2D eigenvalue weighted by Crippen LogP contribution is 2.29. The quantitative estimate of drug-likeness (QED) is 0.296. The summed E-state index contributed by atoms with van der Waals surface area (Å²) in [6, 6.07) is 12.8. The van der Waals surface area contributed by atoms with Gasteiger partial charge in [-0.2, -0.15) is 0 Å². The van der Waals surface area contributed by atoms with Crippen LogP contribution in [0.1, 0.15) is 29.9 Å². The van der Waals surface area contributed by atoms with Crippen LogP contribution in [-0.2, 0) is 9.53 Å². The molecule has 0 heterocycles. The van der Waals surface area contributed by atoms with Crippen LogP contribution < -0.4 is 0 Å². The maximum Gasteiger partial charge on any atom is 0.330 e. The van der Waals surface area contributed by atoms with Crippen molar-refractivity contribution in [3.05, 3.63) is 74.7 Å². The molecule has 0 aliphatic carbocycles. The SMILES string of the molecule is CN(C)CCCC(COC(=O)/C=C/c1ccc(Cl)cc1)c1ccc(Cl)c(Cl)c1.Cl. The molecule has 2 rings (SSSR count). The molecule has 0 aromatic heterocycles. The van der Waals surface area contributed by atoms with E-state index in [-0.39, 0.29) is 30.9 Å². The van der Waals surface area contributed by atoms with Crippen molar-refractivity contribution in [1.29, 1.82) is 0 Å². The molecule has 158 valence electrons. The zero-order chi connectivity index (χ0) is 20.5. The first-order valence-electron chi connectivity index (χ1n) is 9.05. The standard InChI is InChI=1S/C22H24Cl3NO2.ClH/c1-26(2)13-3-4-18(17-8-11-20(24)21(25)14-17)15-28-22(27)12-7-16-5-9-19(23)10-6-16;/h5-12,14,18H,3-4,13,15H2,1-2H3;1H/b12-7+;. The van der Waals surface area contributed by atoms with Crippen LogP contribution in [0.25, 0.3) is 6.08 Å². The average molecular weight is 477 g/mol. The second-order valence-electron chi connectivity index (χ2n) is 6.83. The smallest absolute Gasteiger partial charge is 0.330 e. The number of ether oxygens (including phenoxy) is 1. The monoisotopic (exact) mass is 475 g/mol. The van der Waals surface area contributed by atoms with E-state index in [2.05, 4.69) is 4.90 Å². The molecule has 29 heavy (non-hydrogen) atoms. The topological polar surface area (TPSA) is 29.5 Å². The number of halogens is 4. The van der Waals surface area contributed by atoms with E-state index in [1.807, 2.05) is 38.4 Å². The third kappa shape index (κ3) is 9.41. The van der Waals surface area contributed by atoms with E-state index in [0.29, 0.717) is 15.1 Å². The van der Waals surface area contributed by atoms with Crippen molar-refractivity contribution in [3.8, 4) is 0 Å². The largest absolute Gasteiger partial charge is 0.462 e. The minimum atomic E-state index is -0.382. The molecule has 0 saturated carbocycles. The highest BCUT2D eigenvalue weighted by molar-refractivity contribution is 6.42. The molecule has 0 radical (unpaired) electrons. The van der Waals surface area contributed by atoms with Crippen LogP contribution in [0.3, 0.4) is 0 Å². The van der Waals surface area contributed by atoms with Gasteiger partial charge in [0.05, 0.1) is 16.7 Å². The number of carbonyl (C=O) groups excluding carboxylic acids is 1. The molecule has 0 aliphatic rings. The van der Waals surface area contributed by atoms with Gasteiger partial charge >= 0.3 is 5.97 Å². The molecule has 7 heteroatoms. The Morgan fingerprint density at radius 2 is 1.76 bits per heavy atom. The maximum absolute atomic E-state index is 12.1. The average Bonchev–Trinajstić information content (AvgIpc) is 2.66. The lowest BCUT2D eigenvalue weighted by atomic mass is 9.95. The fourth-order valence-corrected chi connectivity index (χ4v) is 3.17. The van der Waals surface area contributed by atoms with Gasteiger partial charge in [-0.15, -0.1) is 12.4 Å². The molecule has 0 aliphatic heterocycles. The van der Waals surface area contributed by atoms with E-state index in [9.17, 15) is 4.79 Å². The van der Waals surface area contributed by atoms with Crippen LogP contribution in [0.5, 0.6) is 0 Å². The lowest BCUT2D eigenvalue weighted by Crippen LogP contribution is -2.16. The van der Waals surface area contributed by atoms with Crippen molar-refractivity contribution in [1.82, 2.24) is 4.90 Å². The van der Waals surface area contributed by atoms with Gasteiger partial charge in [0.15, 0.2) is 0 Å². The summed E-state index contributed by atoms with van der Waals surface area (Å²) in [5.74, 6) is -0.324. The van der Waals surface area contributed by atoms with Crippen LogP contribution in [0.2, 0.25) is 15.1 Å². The van der Waals surface area contributed by atoms with E-state index < -0.39 is 0 Å². The van der Waals surface area contributed by atoms with Crippen molar-refractivity contribution in [2.75, 3.05) is 27.2 Å². The lowest BCUT2D eigenvalue weighted by molar-refractivity contribution is -0.138. The van der Waals surface area contributed by atoms with Gasteiger partial charge in [-0.05, 0) is 75.0 Å². The summed E-state index contributed by atoms with van der Waals surface area (Å²) in [6.45, 7) is 1.25. The molecule has 2 aromatic rings. The Morgan fingerprint density at radius 1 is 1.07 bits per heavy atom. The van der Waals surface area contributed by atoms with Crippen LogP contribution in [0, 0.1) is 0 Å². The molecule has 0 amide bonds. The first-order valence-corrected chi connectivity index (χ1v) is 10.2. The van der Waals surface area contributed by atoms with E-state index in [1.54, 1.807) is 24.3 Å². The molecular weight excluding hydrogens is 452 g/mol. The zero-order valence-electron chi connectivity index (χ0n) is 16.4. The number of nitrogens with zero attached hydrogens (tertiary/aromatic N) is 1. The molecule has 0 bridgehead atoms. The normalized spacial score (nSPS) is 12.1. The van der Waals surface area contributed by atoms with Crippen molar-refractivity contribution in [2.24, 2.45) is 0 Å². The van der Waals surface area contributed by atoms with Crippen molar-refractivity contribution >= 4 is 59.3 Å². The zero-order valence-corrected chi connectivity index (χ0v) is 19.5. The number of hydrogen-bond donors (Lipinski definition) is 0. The summed E-state index contributed by atoms with van der Waals surface area (Å²) in [6.07, 6.45) is 4.99. The number of rotatable bonds is 9. The number of esters is 1. The Bertz CT molecular complexity index is 807. The van der Waals surface area contributed by atoms with Crippen molar-refractivity contribution < 1.29 is 9.53 Å². The van der Waals surface area contributed by atoms with Crippen LogP contribution >= 0.6 is 47.2 Å². The second-order valence-corrected chi connectivity index (χ2v) is 8.08. The number of hydrogen-bond acceptors (Lipinski definition) is 3. The van der Waals surface area contributed by atoms with Gasteiger partial charge in [0.1, 0.15) is 0 Å². The predicted molar refractivity (Wildman–Crippen MR) is 126 cm³/mol. The van der Waals surface area contributed by atoms with E-state index >= 15 is 0 Å². The highest BCUT2D eigenvalue weighted by Gasteiger charge is 2.15. The molecule has 0 N–H and O–H groups in total. The lowest BCUT2D eigenvalue weighted by Gasteiger charge is -2.19. The van der Waals surface area contributed by atoms with E-state index in [4.69, 9.17) is 39.5 Å². The van der Waals surface area contributed by atoms with Gasteiger partial charge in [0.25, 0.3) is 0 Å². The minimum absolute atomic E-state index is 0. The van der Waals surface area contributed by atoms with E-state index in [0.717, 1.165) is 30.5 Å². The second kappa shape index (κ2) is 13.1. The molecule has 0 spiro atoms. The Hall–Kier alpha value is -1.23. The molecule has 3 nitrogen and oxygen atoms in total. The fourth-order valence-electron chi connectivity index (χ4n) is 2.74. The summed E-state index contributed by atoms with van der Waals surface area (Å²) in [5.41, 5.74) is 1.90. The number of carbonyl (C=O) groups is 1. The first kappa shape index (κ1) is 25.8. The molecule has 0 saturated heterocycles. The third-order valence-corrected chi connectivity index (χ3v) is 5.27. The van der Waals surface area contributed by atoms with Gasteiger partial charge in [0, 0.05) is 17.0 Å². The Kier molecular flexibility index (Phi) is 11.7. The molecular formula is C22H25Cl4NO2. The van der Waals surface area contributed by atoms with Crippen LogP contribution in [0.4, 0.5) is 0 Å². The molecule has 1 unspecified atom stereocenters. The van der Waals surface area contributed by atoms with Gasteiger partial charge in [0.2, 0.25) is 0 Å². The summed E-state index contributed by atoms with van der Waals surface area (Å²) < 4.78 is 5.49. The molecule has 1 atom stereocenters. The van der Waals surface area contributed by atoms with Gasteiger partial charge in [-0.3, -0.25) is 0 Å². The molecule has 0 fully saturated rings. The van der Waals surface area contributed by atoms with Crippen molar-refractivity contribution in [2.45, 2.75) is 18.8 Å². The van der Waals surface area contributed by atoms with Crippen LogP contribution in [-0.4, -0.2) is 38.1 Å².